The number of furan rings is 1. The minimum Gasteiger partial charge on any atom is -0.455 e. The lowest BCUT2D eigenvalue weighted by atomic mass is 9.94. The zero-order valence-electron chi connectivity index (χ0n) is 14.0. The third kappa shape index (κ3) is 3.65. The Morgan fingerprint density at radius 2 is 2.00 bits per heavy atom. The Kier molecular flexibility index (Phi) is 4.98. The number of hydrogen-bond acceptors (Lipinski definition) is 5. The van der Waals surface area contributed by atoms with Crippen LogP contribution < -0.4 is 0 Å². The zero-order valence-corrected chi connectivity index (χ0v) is 14.8. The highest BCUT2D eigenvalue weighted by atomic mass is 32.2. The summed E-state index contributed by atoms with van der Waals surface area (Å²) in [5.74, 6) is 0.286. The van der Waals surface area contributed by atoms with Gasteiger partial charge in [0.1, 0.15) is 15.6 Å². The van der Waals surface area contributed by atoms with Crippen LogP contribution in [0.5, 0.6) is 0 Å². The Hall–Kier alpha value is -1.63. The number of carbonyl (C=O) groups excluding carboxylic acids is 2. The number of sulfone groups is 1. The van der Waals surface area contributed by atoms with E-state index in [1.54, 1.807) is 20.8 Å². The van der Waals surface area contributed by atoms with Crippen LogP contribution in [-0.4, -0.2) is 49.6 Å². The Morgan fingerprint density at radius 1 is 1.35 bits per heavy atom. The molecule has 0 saturated carbocycles. The topological polar surface area (TPSA) is 84.7 Å². The Labute approximate surface area is 136 Å². The molecule has 0 N–H and O–H groups in total. The van der Waals surface area contributed by atoms with Crippen LogP contribution in [0, 0.1) is 6.92 Å². The smallest absolute Gasteiger partial charge is 0.290 e. The molecule has 0 bridgehead atoms. The molecular weight excluding hydrogens is 318 g/mol. The molecular formula is C16H23NO5S. The first-order chi connectivity index (χ1) is 10.7. The molecule has 2 rings (SSSR count). The number of Topliss-reactive ketones (excluding diaryl/α,β-unsaturated/α-hetero) is 1. The van der Waals surface area contributed by atoms with Gasteiger partial charge in [0.05, 0.1) is 11.3 Å². The number of nitrogens with zero attached hydrogens (tertiary/aromatic N) is 1. The fourth-order valence-corrected chi connectivity index (χ4v) is 4.22. The molecule has 1 heterocycles. The maximum atomic E-state index is 12.8. The summed E-state index contributed by atoms with van der Waals surface area (Å²) in [6.07, 6.45) is 3.01. The quantitative estimate of drug-likeness (QED) is 0.818. The van der Waals surface area contributed by atoms with Crippen molar-refractivity contribution < 1.29 is 22.4 Å². The van der Waals surface area contributed by atoms with Crippen molar-refractivity contribution in [2.45, 2.75) is 46.1 Å². The lowest BCUT2D eigenvalue weighted by Gasteiger charge is -2.26. The van der Waals surface area contributed by atoms with Gasteiger partial charge in [-0.05, 0) is 27.2 Å². The van der Waals surface area contributed by atoms with Crippen LogP contribution in [0.3, 0.4) is 0 Å². The average molecular weight is 341 g/mol. The predicted octanol–water partition coefficient (Wildman–Crippen LogP) is 2.00. The number of ketones is 1. The van der Waals surface area contributed by atoms with Gasteiger partial charge in [-0.25, -0.2) is 8.42 Å². The second kappa shape index (κ2) is 6.47. The maximum absolute atomic E-state index is 12.8. The highest BCUT2D eigenvalue weighted by Gasteiger charge is 2.32. The summed E-state index contributed by atoms with van der Waals surface area (Å²) in [7, 11) is -3.19. The van der Waals surface area contributed by atoms with Gasteiger partial charge in [-0.3, -0.25) is 9.59 Å². The van der Waals surface area contributed by atoms with E-state index in [4.69, 9.17) is 4.42 Å². The van der Waals surface area contributed by atoms with Crippen molar-refractivity contribution in [3.63, 3.8) is 0 Å². The zero-order chi connectivity index (χ0) is 17.4. The molecule has 1 aliphatic rings. The number of amides is 1. The SMILES string of the molecule is CCN(C(=O)c1oc2c(c1C)C(=O)CCC2)C(C)CS(C)(=O)=O. The third-order valence-corrected chi connectivity index (χ3v) is 5.27. The standard InChI is InChI=1S/C16H23NO5S/c1-5-17(10(2)9-23(4,20)21)16(19)15-11(3)14-12(18)7-6-8-13(14)22-15/h10H,5-9H2,1-4H3. The highest BCUT2D eigenvalue weighted by Crippen LogP contribution is 2.30. The molecule has 6 nitrogen and oxygen atoms in total. The van der Waals surface area contributed by atoms with Crippen molar-refractivity contribution >= 4 is 21.5 Å². The first kappa shape index (κ1) is 17.7. The lowest BCUT2D eigenvalue weighted by Crippen LogP contribution is -2.42. The van der Waals surface area contributed by atoms with Crippen molar-refractivity contribution in [2.75, 3.05) is 18.6 Å². The minimum absolute atomic E-state index is 0.0128. The Morgan fingerprint density at radius 3 is 2.52 bits per heavy atom. The summed E-state index contributed by atoms with van der Waals surface area (Å²) in [4.78, 5) is 26.3. The molecule has 1 aliphatic carbocycles. The van der Waals surface area contributed by atoms with E-state index in [-0.39, 0.29) is 23.2 Å². The molecule has 0 saturated heterocycles. The summed E-state index contributed by atoms with van der Waals surface area (Å²) < 4.78 is 28.6. The van der Waals surface area contributed by atoms with Gasteiger partial charge in [0, 0.05) is 37.2 Å². The third-order valence-electron chi connectivity index (χ3n) is 4.18. The van der Waals surface area contributed by atoms with Crippen molar-refractivity contribution in [1.82, 2.24) is 4.90 Å². The molecule has 128 valence electrons. The van der Waals surface area contributed by atoms with E-state index < -0.39 is 15.9 Å². The normalized spacial score (nSPS) is 16.1. The van der Waals surface area contributed by atoms with Crippen LogP contribution in [-0.2, 0) is 16.3 Å². The summed E-state index contributed by atoms with van der Waals surface area (Å²) in [6, 6.07) is -0.459. The molecule has 1 atom stereocenters. The van der Waals surface area contributed by atoms with Gasteiger partial charge in [0.15, 0.2) is 11.5 Å². The van der Waals surface area contributed by atoms with Crippen LogP contribution in [0.15, 0.2) is 4.42 Å². The van der Waals surface area contributed by atoms with Gasteiger partial charge in [-0.2, -0.15) is 0 Å². The Balaban J connectivity index is 2.34. The molecule has 1 amide bonds. The van der Waals surface area contributed by atoms with Crippen LogP contribution in [0.25, 0.3) is 0 Å². The van der Waals surface area contributed by atoms with E-state index in [0.717, 1.165) is 12.7 Å². The number of hydrogen-bond donors (Lipinski definition) is 0. The van der Waals surface area contributed by atoms with E-state index >= 15 is 0 Å². The van der Waals surface area contributed by atoms with Crippen LogP contribution >= 0.6 is 0 Å². The van der Waals surface area contributed by atoms with Crippen molar-refractivity contribution in [1.29, 1.82) is 0 Å². The molecule has 0 fully saturated rings. The Bertz CT molecular complexity index is 732. The molecule has 1 unspecified atom stereocenters. The first-order valence-electron chi connectivity index (χ1n) is 7.79. The number of rotatable bonds is 5. The second-order valence-electron chi connectivity index (χ2n) is 6.16. The highest BCUT2D eigenvalue weighted by molar-refractivity contribution is 7.90. The fourth-order valence-electron chi connectivity index (χ4n) is 3.17. The molecule has 23 heavy (non-hydrogen) atoms. The van der Waals surface area contributed by atoms with E-state index in [2.05, 4.69) is 0 Å². The summed E-state index contributed by atoms with van der Waals surface area (Å²) in [5, 5.41) is 0. The van der Waals surface area contributed by atoms with Gasteiger partial charge in [-0.15, -0.1) is 0 Å². The molecule has 0 aliphatic heterocycles. The maximum Gasteiger partial charge on any atom is 0.290 e. The van der Waals surface area contributed by atoms with Crippen LogP contribution in [0.4, 0.5) is 0 Å². The van der Waals surface area contributed by atoms with Gasteiger partial charge < -0.3 is 9.32 Å². The van der Waals surface area contributed by atoms with Gasteiger partial charge in [0.25, 0.3) is 5.91 Å². The molecule has 1 aromatic rings. The van der Waals surface area contributed by atoms with Crippen molar-refractivity contribution in [3.05, 3.63) is 22.6 Å². The first-order valence-corrected chi connectivity index (χ1v) is 9.86. The van der Waals surface area contributed by atoms with E-state index in [1.165, 1.54) is 4.90 Å². The average Bonchev–Trinajstić information content (AvgIpc) is 2.76. The van der Waals surface area contributed by atoms with E-state index in [0.29, 0.717) is 36.3 Å². The van der Waals surface area contributed by atoms with Crippen molar-refractivity contribution in [3.8, 4) is 0 Å². The molecule has 0 radical (unpaired) electrons. The number of carbonyl (C=O) groups is 2. The van der Waals surface area contributed by atoms with E-state index in [1.807, 2.05) is 0 Å². The van der Waals surface area contributed by atoms with Crippen molar-refractivity contribution in [2.24, 2.45) is 0 Å². The molecule has 0 spiro atoms. The summed E-state index contributed by atoms with van der Waals surface area (Å²) in [5.41, 5.74) is 1.10. The van der Waals surface area contributed by atoms with Gasteiger partial charge >= 0.3 is 0 Å². The fraction of sp³-hybridized carbons (Fsp3) is 0.625. The molecule has 7 heteroatoms. The molecule has 1 aromatic heterocycles. The summed E-state index contributed by atoms with van der Waals surface area (Å²) >= 11 is 0. The van der Waals surface area contributed by atoms with Gasteiger partial charge in [0.2, 0.25) is 0 Å². The van der Waals surface area contributed by atoms with Crippen LogP contribution in [0.2, 0.25) is 0 Å². The van der Waals surface area contributed by atoms with Gasteiger partial charge in [-0.1, -0.05) is 0 Å². The number of fused-ring (bicyclic) bond motifs is 1. The number of aryl methyl sites for hydroxylation is 1. The molecule has 0 aromatic carbocycles. The monoisotopic (exact) mass is 341 g/mol. The van der Waals surface area contributed by atoms with Crippen LogP contribution in [0.1, 0.15) is 58.9 Å². The van der Waals surface area contributed by atoms with E-state index in [9.17, 15) is 18.0 Å². The minimum atomic E-state index is -3.19. The largest absolute Gasteiger partial charge is 0.455 e. The predicted molar refractivity (Wildman–Crippen MR) is 86.6 cm³/mol. The lowest BCUT2D eigenvalue weighted by molar-refractivity contribution is 0.0683. The summed E-state index contributed by atoms with van der Waals surface area (Å²) in [6.45, 7) is 5.58. The second-order valence-corrected chi connectivity index (χ2v) is 8.35.